The zero-order valence-electron chi connectivity index (χ0n) is 72.1. The summed E-state index contributed by atoms with van der Waals surface area (Å²) < 4.78 is 29.1. The van der Waals surface area contributed by atoms with Crippen LogP contribution in [-0.4, -0.2) is 9.97 Å². The van der Waals surface area contributed by atoms with Crippen molar-refractivity contribution in [3.05, 3.63) is 458 Å². The van der Waals surface area contributed by atoms with Crippen molar-refractivity contribution in [1.29, 1.82) is 0 Å². The Morgan fingerprint density at radius 2 is 0.452 bits per heavy atom. The number of hydrogen-bond donors (Lipinski definition) is 0. The fourth-order valence-electron chi connectivity index (χ4n) is 13.6. The Bertz CT molecular complexity index is 5470. The van der Waals surface area contributed by atoms with Crippen LogP contribution in [0.25, 0.3) is 45.0 Å². The Kier molecular flexibility index (Phi) is 31.7. The molecule has 0 unspecified atom stereocenters. The molecular weight excluding hydrogens is 1910 g/mol. The molecule has 0 amide bonds. The molecule has 14 aromatic carbocycles. The van der Waals surface area contributed by atoms with Crippen molar-refractivity contribution in [3.8, 4) is 68.2 Å². The van der Waals surface area contributed by atoms with Crippen LogP contribution in [-0.2, 0) is 75.6 Å². The molecule has 16 rings (SSSR count). The van der Waals surface area contributed by atoms with Crippen LogP contribution >= 0.6 is 14.3 Å². The van der Waals surface area contributed by atoms with Gasteiger partial charge in [-0.15, -0.1) is 166 Å². The van der Waals surface area contributed by atoms with Crippen molar-refractivity contribution >= 4 is 69.6 Å². The second kappa shape index (κ2) is 42.4. The van der Waals surface area contributed by atoms with Gasteiger partial charge >= 0.3 is 44.8 Å². The summed E-state index contributed by atoms with van der Waals surface area (Å²) in [6.45, 7) is 26.3. The van der Waals surface area contributed by atoms with E-state index < -0.39 is 14.3 Å². The average molecular weight is 2010 g/mol. The van der Waals surface area contributed by atoms with Crippen molar-refractivity contribution < 1.29 is 53.9 Å². The van der Waals surface area contributed by atoms with Crippen molar-refractivity contribution in [2.75, 3.05) is 9.80 Å². The summed E-state index contributed by atoms with van der Waals surface area (Å²) in [5, 5.41) is 2.87. The van der Waals surface area contributed by atoms with Crippen LogP contribution in [0.3, 0.4) is 0 Å². The minimum absolute atomic E-state index is 0. The molecule has 0 N–H and O–H groups in total. The molecule has 124 heavy (non-hydrogen) atoms. The van der Waals surface area contributed by atoms with Crippen LogP contribution in [0.1, 0.15) is 116 Å². The SMILES string of the molecule is CC(C)(C)c1c[c-]c(-c2cc(C#CP(=O)(c3ccccc3)c3ccccc3)cc(-c3[c-]cc(C(C)(C)C)cc3)n2)cc1.CC(C)(C)c1c[c-]c(-c2cc(C#CP(=O)(c3ccccc3)c3ccccc3)cc(-c3[c-]cc(C(C)(C)C)cc3)n2)cc1.[Au+3].[Au+3].[c-]1ccc(N(c2ccccc2)c2ccccc2)cc1.[c-]1ccc(N(c2ccccc2)c2ccccc2)cc1. The summed E-state index contributed by atoms with van der Waals surface area (Å²) in [6, 6.07) is 148. The predicted molar refractivity (Wildman–Crippen MR) is 514 cm³/mol. The molecule has 0 saturated carbocycles. The van der Waals surface area contributed by atoms with E-state index in [4.69, 9.17) is 9.97 Å². The molecule has 0 saturated heterocycles. The first-order valence-electron chi connectivity index (χ1n) is 41.1. The molecule has 0 spiro atoms. The van der Waals surface area contributed by atoms with Gasteiger partial charge in [0.15, 0.2) is 0 Å². The molecule has 6 nitrogen and oxygen atoms in total. The van der Waals surface area contributed by atoms with Gasteiger partial charge in [-0.25, -0.2) is 0 Å². The maximum Gasteiger partial charge on any atom is 3.00 e. The Morgan fingerprint density at radius 1 is 0.258 bits per heavy atom. The van der Waals surface area contributed by atoms with E-state index in [-0.39, 0.29) is 66.4 Å². The monoisotopic (exact) mass is 2010 g/mol. The third-order valence-corrected chi connectivity index (χ3v) is 25.6. The van der Waals surface area contributed by atoms with Crippen LogP contribution in [0.5, 0.6) is 0 Å². The van der Waals surface area contributed by atoms with Crippen molar-refractivity contribution in [3.63, 3.8) is 0 Å². The molecule has 16 aromatic rings. The molecule has 0 radical (unpaired) electrons. The first-order chi connectivity index (χ1) is 58.8. The van der Waals surface area contributed by atoms with E-state index in [0.717, 1.165) is 111 Å². The Morgan fingerprint density at radius 3 is 0.637 bits per heavy atom. The number of anilines is 6. The number of rotatable bonds is 14. The molecule has 2 aromatic heterocycles. The van der Waals surface area contributed by atoms with Gasteiger partial charge in [0.05, 0.1) is 0 Å². The quantitative estimate of drug-likeness (QED) is 0.0468. The standard InChI is InChI=1S/2C39H36NOP.2C18H14N.2Au/c2*1-38(2,3)32-21-17-30(18-22-32)36-27-29(28-37(40-36)31-19-23-33(24-20-31)39(4,5)6)25-26-42(41,34-13-9-7-10-14-34)35-15-11-8-12-16-35;2*1-4-10-16(11-5-1)19(17-12-6-2-7-13-17)18-14-8-3-9-15-18;;/h2*7-17,19,21-24,27-28H,1-6H3;2*1-2,4-15H;;/q2*-2;2*-1;2*+3. The van der Waals surface area contributed by atoms with Crippen LogP contribution in [0.4, 0.5) is 34.1 Å². The fraction of sp³-hybridized carbons (Fsp3) is 0.140. The van der Waals surface area contributed by atoms with Gasteiger partial charge in [-0.1, -0.05) is 325 Å². The van der Waals surface area contributed by atoms with Crippen molar-refractivity contribution in [1.82, 2.24) is 9.97 Å². The molecule has 0 aliphatic carbocycles. The summed E-state index contributed by atoms with van der Waals surface area (Å²) >= 11 is 0. The van der Waals surface area contributed by atoms with E-state index in [1.165, 1.54) is 22.3 Å². The first-order valence-corrected chi connectivity index (χ1v) is 44.5. The minimum Gasteiger partial charge on any atom is -0.345 e. The van der Waals surface area contributed by atoms with Gasteiger partial charge in [0, 0.05) is 55.1 Å². The van der Waals surface area contributed by atoms with E-state index in [1.54, 1.807) is 0 Å². The van der Waals surface area contributed by atoms with Gasteiger partial charge in [-0.3, -0.25) is 9.13 Å². The van der Waals surface area contributed by atoms with E-state index in [1.807, 2.05) is 218 Å². The number of hydrogen-bond acceptors (Lipinski definition) is 6. The van der Waals surface area contributed by atoms with Crippen LogP contribution in [0, 0.1) is 59.6 Å². The molecule has 10 heteroatoms. The second-order valence-electron chi connectivity index (χ2n) is 33.8. The van der Waals surface area contributed by atoms with Gasteiger partial charge in [0.2, 0.25) is 14.3 Å². The normalized spacial score (nSPS) is 11.2. The second-order valence-corrected chi connectivity index (χ2v) is 38.7. The van der Waals surface area contributed by atoms with Crippen LogP contribution in [0.15, 0.2) is 388 Å². The summed E-state index contributed by atoms with van der Waals surface area (Å²) in [4.78, 5) is 14.5. The van der Waals surface area contributed by atoms with E-state index >= 15 is 0 Å². The van der Waals surface area contributed by atoms with E-state index in [9.17, 15) is 9.13 Å². The Labute approximate surface area is 767 Å². The molecule has 0 aliphatic rings. The van der Waals surface area contributed by atoms with Gasteiger partial charge in [-0.05, 0) is 104 Å². The summed E-state index contributed by atoms with van der Waals surface area (Å²) in [6.07, 6.45) is 0. The van der Waals surface area contributed by atoms with Crippen molar-refractivity contribution in [2.45, 2.75) is 105 Å². The molecule has 0 fully saturated rings. The number of para-hydroxylation sites is 4. The maximum atomic E-state index is 14.6. The number of pyridine rings is 2. The molecule has 620 valence electrons. The number of nitrogens with zero attached hydrogens (tertiary/aromatic N) is 4. The summed E-state index contributed by atoms with van der Waals surface area (Å²) in [7, 11) is -6.42. The first kappa shape index (κ1) is 92.8. The van der Waals surface area contributed by atoms with Crippen LogP contribution in [0.2, 0.25) is 0 Å². The maximum absolute atomic E-state index is 14.6. The third-order valence-electron chi connectivity index (χ3n) is 20.6. The summed E-state index contributed by atoms with van der Waals surface area (Å²) in [5.74, 6) is 6.59. The van der Waals surface area contributed by atoms with Crippen LogP contribution < -0.4 is 31.0 Å². The zero-order chi connectivity index (χ0) is 85.8. The van der Waals surface area contributed by atoms with Gasteiger partial charge in [0.1, 0.15) is 0 Å². The van der Waals surface area contributed by atoms with Gasteiger partial charge in [0.25, 0.3) is 0 Å². The predicted octanol–water partition coefficient (Wildman–Crippen LogP) is 27.8. The van der Waals surface area contributed by atoms with Crippen molar-refractivity contribution in [2.24, 2.45) is 0 Å². The summed E-state index contributed by atoms with van der Waals surface area (Å²) in [5.41, 5.74) is 26.3. The molecule has 0 bridgehead atoms. The smallest absolute Gasteiger partial charge is 0.345 e. The minimum atomic E-state index is -3.21. The number of aromatic nitrogens is 2. The largest absolute Gasteiger partial charge is 3.00 e. The van der Waals surface area contributed by atoms with E-state index in [0.29, 0.717) is 0 Å². The number of benzene rings is 14. The molecule has 2 heterocycles. The molecule has 0 aliphatic heterocycles. The molecule has 0 atom stereocenters. The average Bonchev–Trinajstić information content (AvgIpc) is 0.772. The van der Waals surface area contributed by atoms with Gasteiger partial charge in [-0.2, -0.15) is 36.4 Å². The van der Waals surface area contributed by atoms with E-state index in [2.05, 4.69) is 322 Å². The Balaban J connectivity index is 0.000000170. The fourth-order valence-corrected chi connectivity index (χ4v) is 17.7. The topological polar surface area (TPSA) is 66.4 Å². The Hall–Kier alpha value is -12.0. The van der Waals surface area contributed by atoms with Gasteiger partial charge < -0.3 is 19.8 Å². The third kappa shape index (κ3) is 24.3. The molecular formula is C114H100Au2N4O2P2. The zero-order valence-corrected chi connectivity index (χ0v) is 78.2.